The van der Waals surface area contributed by atoms with Crippen molar-refractivity contribution in [2.24, 2.45) is 0 Å². The van der Waals surface area contributed by atoms with E-state index in [0.717, 1.165) is 37.9 Å². The molecule has 1 amide bonds. The van der Waals surface area contributed by atoms with Crippen molar-refractivity contribution in [1.29, 1.82) is 0 Å². The molecule has 0 bridgehead atoms. The first-order chi connectivity index (χ1) is 9.58. The molecule has 0 radical (unpaired) electrons. The molecule has 6 heteroatoms. The lowest BCUT2D eigenvalue weighted by molar-refractivity contribution is -0.131. The minimum Gasteiger partial charge on any atom is -0.341 e. The molecule has 1 N–H and O–H groups in total. The summed E-state index contributed by atoms with van der Waals surface area (Å²) in [5.74, 6) is 0.221. The van der Waals surface area contributed by atoms with Crippen LogP contribution in [0.25, 0.3) is 0 Å². The van der Waals surface area contributed by atoms with Gasteiger partial charge in [-0.05, 0) is 43.5 Å². The highest BCUT2D eigenvalue weighted by Crippen LogP contribution is 2.23. The third kappa shape index (κ3) is 5.33. The van der Waals surface area contributed by atoms with Crippen LogP contribution in [0.15, 0.2) is 18.2 Å². The fourth-order valence-corrected chi connectivity index (χ4v) is 2.81. The standard InChI is InChI=1S/C15H20Cl2N2O.ClH/c1-19(12-7-8-18-10-12)15(20)4-2-3-11-5-6-13(16)14(17)9-11;/h5-6,9,12,18H,2-4,7-8,10H2,1H3;1H. The number of nitrogens with zero attached hydrogens (tertiary/aromatic N) is 1. The third-order valence-electron chi connectivity index (χ3n) is 3.82. The molecule has 3 nitrogen and oxygen atoms in total. The van der Waals surface area contributed by atoms with E-state index in [4.69, 9.17) is 23.2 Å². The lowest BCUT2D eigenvalue weighted by Gasteiger charge is -2.23. The third-order valence-corrected chi connectivity index (χ3v) is 4.55. The van der Waals surface area contributed by atoms with Crippen molar-refractivity contribution in [3.63, 3.8) is 0 Å². The number of aryl methyl sites for hydroxylation is 1. The molecule has 1 saturated heterocycles. The average molecular weight is 352 g/mol. The molecule has 21 heavy (non-hydrogen) atoms. The Morgan fingerprint density at radius 3 is 2.76 bits per heavy atom. The quantitative estimate of drug-likeness (QED) is 0.879. The van der Waals surface area contributed by atoms with Gasteiger partial charge in [0.2, 0.25) is 5.91 Å². The smallest absolute Gasteiger partial charge is 0.222 e. The van der Waals surface area contributed by atoms with Gasteiger partial charge in [-0.1, -0.05) is 29.3 Å². The van der Waals surface area contributed by atoms with Crippen molar-refractivity contribution in [3.8, 4) is 0 Å². The van der Waals surface area contributed by atoms with E-state index in [-0.39, 0.29) is 18.3 Å². The molecule has 1 aromatic carbocycles. The molecule has 1 atom stereocenters. The summed E-state index contributed by atoms with van der Waals surface area (Å²) in [5.41, 5.74) is 1.12. The number of amides is 1. The molecule has 118 valence electrons. The normalized spacial score (nSPS) is 17.4. The van der Waals surface area contributed by atoms with E-state index in [0.29, 0.717) is 22.5 Å². The van der Waals surface area contributed by atoms with Gasteiger partial charge in [0.15, 0.2) is 0 Å². The monoisotopic (exact) mass is 350 g/mol. The Bertz CT molecular complexity index is 476. The van der Waals surface area contributed by atoms with Gasteiger partial charge in [0, 0.05) is 26.1 Å². The summed E-state index contributed by atoms with van der Waals surface area (Å²) >= 11 is 11.9. The second kappa shape index (κ2) is 8.84. The van der Waals surface area contributed by atoms with E-state index in [1.165, 1.54) is 0 Å². The van der Waals surface area contributed by atoms with Gasteiger partial charge in [-0.25, -0.2) is 0 Å². The highest BCUT2D eigenvalue weighted by Gasteiger charge is 2.22. The molecule has 2 rings (SSSR count). The second-order valence-electron chi connectivity index (χ2n) is 5.25. The average Bonchev–Trinajstić information content (AvgIpc) is 2.96. The highest BCUT2D eigenvalue weighted by atomic mass is 35.5. The van der Waals surface area contributed by atoms with Gasteiger partial charge >= 0.3 is 0 Å². The van der Waals surface area contributed by atoms with E-state index in [9.17, 15) is 4.79 Å². The van der Waals surface area contributed by atoms with Crippen molar-refractivity contribution >= 4 is 41.5 Å². The first-order valence-electron chi connectivity index (χ1n) is 6.98. The van der Waals surface area contributed by atoms with Crippen molar-refractivity contribution in [2.45, 2.75) is 31.7 Å². The van der Waals surface area contributed by atoms with Crippen molar-refractivity contribution in [1.82, 2.24) is 10.2 Å². The molecule has 0 aromatic heterocycles. The first-order valence-corrected chi connectivity index (χ1v) is 7.74. The molecule has 1 heterocycles. The lowest BCUT2D eigenvalue weighted by Crippen LogP contribution is -2.38. The van der Waals surface area contributed by atoms with Crippen LogP contribution in [0, 0.1) is 0 Å². The van der Waals surface area contributed by atoms with E-state index in [1.54, 1.807) is 6.07 Å². The van der Waals surface area contributed by atoms with Gasteiger partial charge in [-0.2, -0.15) is 0 Å². The fourth-order valence-electron chi connectivity index (χ4n) is 2.49. The Morgan fingerprint density at radius 1 is 1.38 bits per heavy atom. The second-order valence-corrected chi connectivity index (χ2v) is 6.07. The van der Waals surface area contributed by atoms with Crippen LogP contribution >= 0.6 is 35.6 Å². The molecular weight excluding hydrogens is 331 g/mol. The van der Waals surface area contributed by atoms with Crippen molar-refractivity contribution in [3.05, 3.63) is 33.8 Å². The Labute approximate surface area is 142 Å². The van der Waals surface area contributed by atoms with Crippen molar-refractivity contribution < 1.29 is 4.79 Å². The summed E-state index contributed by atoms with van der Waals surface area (Å²) in [4.78, 5) is 14.0. The Balaban J connectivity index is 0.00000220. The van der Waals surface area contributed by atoms with Crippen LogP contribution in [0.1, 0.15) is 24.8 Å². The maximum Gasteiger partial charge on any atom is 0.222 e. The van der Waals surface area contributed by atoms with E-state index < -0.39 is 0 Å². The predicted octanol–water partition coefficient (Wildman–Crippen LogP) is 3.56. The SMILES string of the molecule is CN(C(=O)CCCc1ccc(Cl)c(Cl)c1)C1CCNC1.Cl. The number of nitrogens with one attached hydrogen (secondary N) is 1. The summed E-state index contributed by atoms with van der Waals surface area (Å²) in [6.07, 6.45) is 3.31. The van der Waals surface area contributed by atoms with Crippen LogP contribution in [0.4, 0.5) is 0 Å². The van der Waals surface area contributed by atoms with Crippen LogP contribution in [0.5, 0.6) is 0 Å². The maximum absolute atomic E-state index is 12.1. The predicted molar refractivity (Wildman–Crippen MR) is 90.7 cm³/mol. The fraction of sp³-hybridized carbons (Fsp3) is 0.533. The largest absolute Gasteiger partial charge is 0.341 e. The molecule has 1 aromatic rings. The van der Waals surface area contributed by atoms with E-state index in [2.05, 4.69) is 5.32 Å². The zero-order chi connectivity index (χ0) is 14.5. The minimum absolute atomic E-state index is 0. The van der Waals surface area contributed by atoms with Gasteiger partial charge in [0.05, 0.1) is 10.0 Å². The number of hydrogen-bond donors (Lipinski definition) is 1. The van der Waals surface area contributed by atoms with Gasteiger partial charge in [-0.15, -0.1) is 12.4 Å². The molecule has 0 saturated carbocycles. The molecule has 0 aliphatic carbocycles. The van der Waals surface area contributed by atoms with Crippen molar-refractivity contribution in [2.75, 3.05) is 20.1 Å². The van der Waals surface area contributed by atoms with Crippen LogP contribution in [-0.4, -0.2) is 37.0 Å². The van der Waals surface area contributed by atoms with Gasteiger partial charge in [-0.3, -0.25) is 4.79 Å². The summed E-state index contributed by atoms with van der Waals surface area (Å²) in [7, 11) is 1.90. The van der Waals surface area contributed by atoms with Gasteiger partial charge in [0.1, 0.15) is 0 Å². The summed E-state index contributed by atoms with van der Waals surface area (Å²) in [6, 6.07) is 5.99. The zero-order valence-electron chi connectivity index (χ0n) is 12.1. The maximum atomic E-state index is 12.1. The summed E-state index contributed by atoms with van der Waals surface area (Å²) < 4.78 is 0. The van der Waals surface area contributed by atoms with Crippen LogP contribution in [0.2, 0.25) is 10.0 Å². The molecule has 1 unspecified atom stereocenters. The Hall–Kier alpha value is -0.480. The number of halogens is 3. The Morgan fingerprint density at radius 2 is 2.14 bits per heavy atom. The summed E-state index contributed by atoms with van der Waals surface area (Å²) in [6.45, 7) is 1.92. The van der Waals surface area contributed by atoms with E-state index >= 15 is 0 Å². The topological polar surface area (TPSA) is 32.3 Å². The van der Waals surface area contributed by atoms with Crippen LogP contribution in [0.3, 0.4) is 0 Å². The number of benzene rings is 1. The van der Waals surface area contributed by atoms with Crippen LogP contribution < -0.4 is 5.32 Å². The molecule has 0 spiro atoms. The van der Waals surface area contributed by atoms with E-state index in [1.807, 2.05) is 24.1 Å². The first kappa shape index (κ1) is 18.6. The molecule has 1 fully saturated rings. The molecular formula is C15H21Cl3N2O. The zero-order valence-corrected chi connectivity index (χ0v) is 14.4. The van der Waals surface area contributed by atoms with Gasteiger partial charge < -0.3 is 10.2 Å². The molecule has 1 aliphatic heterocycles. The minimum atomic E-state index is 0. The highest BCUT2D eigenvalue weighted by molar-refractivity contribution is 6.42. The van der Waals surface area contributed by atoms with Crippen LogP contribution in [-0.2, 0) is 11.2 Å². The Kier molecular flexibility index (Phi) is 7.82. The number of carbonyl (C=O) groups is 1. The number of rotatable bonds is 5. The summed E-state index contributed by atoms with van der Waals surface area (Å²) in [5, 5.41) is 4.42. The van der Waals surface area contributed by atoms with Gasteiger partial charge in [0.25, 0.3) is 0 Å². The lowest BCUT2D eigenvalue weighted by atomic mass is 10.1. The molecule has 1 aliphatic rings. The number of likely N-dealkylation sites (N-methyl/N-ethyl adjacent to an activating group) is 1. The number of hydrogen-bond acceptors (Lipinski definition) is 2. The number of carbonyl (C=O) groups excluding carboxylic acids is 1.